The van der Waals surface area contributed by atoms with E-state index in [2.05, 4.69) is 5.32 Å². The molecule has 1 amide bonds. The highest BCUT2D eigenvalue weighted by molar-refractivity contribution is 6.31. The minimum atomic E-state index is -2.04. The molecule has 40 heavy (non-hydrogen) atoms. The molecule has 0 radical (unpaired) electrons. The highest BCUT2D eigenvalue weighted by Crippen LogP contribution is 2.52. The molecule has 212 valence electrons. The van der Waals surface area contributed by atoms with E-state index in [1.165, 1.54) is 25.3 Å². The van der Waals surface area contributed by atoms with Gasteiger partial charge in [0.1, 0.15) is 29.0 Å². The minimum absolute atomic E-state index is 0.0196. The van der Waals surface area contributed by atoms with Crippen LogP contribution in [0.15, 0.2) is 18.2 Å². The number of aromatic hydroxyl groups is 2. The first kappa shape index (κ1) is 27.7. The number of fused-ring (bicyclic) bond motifs is 3. The van der Waals surface area contributed by atoms with Crippen LogP contribution in [0.25, 0.3) is 0 Å². The van der Waals surface area contributed by atoms with Crippen LogP contribution in [-0.2, 0) is 25.5 Å². The summed E-state index contributed by atoms with van der Waals surface area (Å²) in [5, 5.41) is 47.0. The van der Waals surface area contributed by atoms with Crippen molar-refractivity contribution in [3.05, 3.63) is 51.6 Å². The third-order valence-electron chi connectivity index (χ3n) is 8.04. The third-order valence-corrected chi connectivity index (χ3v) is 8.04. The molecule has 1 fully saturated rings. The topological polar surface area (TPSA) is 189 Å². The lowest BCUT2D eigenvalue weighted by Gasteiger charge is -2.42. The van der Waals surface area contributed by atoms with E-state index in [9.17, 15) is 39.6 Å². The summed E-state index contributed by atoms with van der Waals surface area (Å²) in [6.07, 6.45) is -4.61. The predicted molar refractivity (Wildman–Crippen MR) is 135 cm³/mol. The van der Waals surface area contributed by atoms with Gasteiger partial charge < -0.3 is 40.0 Å². The summed E-state index contributed by atoms with van der Waals surface area (Å²) in [4.78, 5) is 50.8. The van der Waals surface area contributed by atoms with Crippen LogP contribution < -0.4 is 10.1 Å². The summed E-state index contributed by atoms with van der Waals surface area (Å²) in [7, 11) is 1.33. The van der Waals surface area contributed by atoms with E-state index in [1.807, 2.05) is 0 Å². The zero-order chi connectivity index (χ0) is 29.1. The Hall–Kier alpha value is -3.84. The number of ketones is 3. The number of benzene rings is 2. The van der Waals surface area contributed by atoms with Gasteiger partial charge in [0.2, 0.25) is 12.2 Å². The zero-order valence-corrected chi connectivity index (χ0v) is 22.0. The average Bonchev–Trinajstić information content (AvgIpc) is 2.91. The summed E-state index contributed by atoms with van der Waals surface area (Å²) in [6, 6.07) is 3.66. The Morgan fingerprint density at radius 1 is 1.15 bits per heavy atom. The number of methoxy groups -OCH3 is 1. The number of aliphatic hydroxyl groups is 2. The number of aliphatic hydroxyl groups excluding tert-OH is 1. The van der Waals surface area contributed by atoms with Crippen LogP contribution in [0.4, 0.5) is 0 Å². The van der Waals surface area contributed by atoms with Crippen LogP contribution in [0.2, 0.25) is 0 Å². The van der Waals surface area contributed by atoms with Crippen molar-refractivity contribution in [1.82, 2.24) is 5.32 Å². The van der Waals surface area contributed by atoms with Gasteiger partial charge in [-0.05, 0) is 19.9 Å². The Morgan fingerprint density at radius 2 is 1.85 bits per heavy atom. The van der Waals surface area contributed by atoms with Crippen LogP contribution in [0.5, 0.6) is 17.2 Å². The Kier molecular flexibility index (Phi) is 6.91. The van der Waals surface area contributed by atoms with Crippen molar-refractivity contribution in [3.63, 3.8) is 0 Å². The van der Waals surface area contributed by atoms with Crippen molar-refractivity contribution in [2.24, 2.45) is 0 Å². The quantitative estimate of drug-likeness (QED) is 0.214. The number of carbonyl (C=O) groups is 4. The van der Waals surface area contributed by atoms with Gasteiger partial charge in [0, 0.05) is 36.0 Å². The van der Waals surface area contributed by atoms with Crippen LogP contribution >= 0.6 is 0 Å². The van der Waals surface area contributed by atoms with Gasteiger partial charge in [0.25, 0.3) is 0 Å². The molecule has 0 aromatic heterocycles. The van der Waals surface area contributed by atoms with Gasteiger partial charge in [0.05, 0.1) is 42.0 Å². The molecule has 12 nitrogen and oxygen atoms in total. The number of carbonyl (C=O) groups excluding carboxylic acids is 4. The van der Waals surface area contributed by atoms with Crippen molar-refractivity contribution < 1.29 is 53.8 Å². The average molecular weight is 556 g/mol. The predicted octanol–water partition coefficient (Wildman–Crippen LogP) is 0.816. The molecule has 0 spiro atoms. The highest BCUT2D eigenvalue weighted by Gasteiger charge is 2.49. The maximum Gasteiger partial charge on any atom is 0.207 e. The van der Waals surface area contributed by atoms with Gasteiger partial charge in [-0.3, -0.25) is 19.2 Å². The summed E-state index contributed by atoms with van der Waals surface area (Å²) >= 11 is 0. The molecule has 1 heterocycles. The summed E-state index contributed by atoms with van der Waals surface area (Å²) in [5.74, 6) is -3.33. The maximum atomic E-state index is 13.7. The summed E-state index contributed by atoms with van der Waals surface area (Å²) in [5.41, 5.74) is -3.25. The zero-order valence-electron chi connectivity index (χ0n) is 22.0. The number of amides is 1. The van der Waals surface area contributed by atoms with Gasteiger partial charge in [0.15, 0.2) is 17.9 Å². The molecule has 5 rings (SSSR count). The molecule has 0 saturated carbocycles. The van der Waals surface area contributed by atoms with Crippen LogP contribution in [0.3, 0.4) is 0 Å². The molecule has 5 N–H and O–H groups in total. The van der Waals surface area contributed by atoms with E-state index < -0.39 is 82.6 Å². The minimum Gasteiger partial charge on any atom is -0.507 e. The van der Waals surface area contributed by atoms with Crippen molar-refractivity contribution in [3.8, 4) is 17.2 Å². The monoisotopic (exact) mass is 555 g/mol. The molecule has 12 heteroatoms. The first-order chi connectivity index (χ1) is 18.9. The molecule has 1 aliphatic heterocycles. The van der Waals surface area contributed by atoms with Gasteiger partial charge in [-0.2, -0.15) is 0 Å². The van der Waals surface area contributed by atoms with Crippen molar-refractivity contribution in [2.45, 2.75) is 69.4 Å². The van der Waals surface area contributed by atoms with E-state index in [4.69, 9.17) is 14.2 Å². The summed E-state index contributed by atoms with van der Waals surface area (Å²) < 4.78 is 17.1. The van der Waals surface area contributed by atoms with Crippen molar-refractivity contribution >= 4 is 23.8 Å². The fraction of sp³-hybridized carbons (Fsp3) is 0.429. The number of ether oxygens (including phenoxy) is 3. The lowest BCUT2D eigenvalue weighted by Crippen LogP contribution is -2.54. The number of hydrogen-bond acceptors (Lipinski definition) is 11. The molecule has 6 atom stereocenters. The Bertz CT molecular complexity index is 1440. The van der Waals surface area contributed by atoms with Crippen molar-refractivity contribution in [1.29, 1.82) is 0 Å². The summed E-state index contributed by atoms with van der Waals surface area (Å²) in [6.45, 7) is 2.73. The number of Topliss-reactive ketones (excluding diaryl/α,β-unsaturated/α-hetero) is 1. The Morgan fingerprint density at radius 3 is 2.50 bits per heavy atom. The van der Waals surface area contributed by atoms with E-state index in [1.54, 1.807) is 6.92 Å². The number of hydrogen-bond donors (Lipinski definition) is 5. The lowest BCUT2D eigenvalue weighted by atomic mass is 9.72. The molecule has 3 aliphatic rings. The van der Waals surface area contributed by atoms with Gasteiger partial charge in [-0.1, -0.05) is 12.1 Å². The standard InChI is InChI=1S/C28H29NO11/c1-11-23(32)15(29-10-30)7-18(39-11)40-17-9-28(37,12(2)31)8-14-20(17)27(36)22-21(25(14)34)24(33)13-5-4-6-16(38-3)19(13)26(22)35/h4-6,10-11,15,17-18,23,32,34,36-37H,7-9H2,1-3H3,(H,29,30)/t11-,15+,17+,18-,23+,28+/m1/s1. The number of phenols is 2. The van der Waals surface area contributed by atoms with Gasteiger partial charge >= 0.3 is 0 Å². The smallest absolute Gasteiger partial charge is 0.207 e. The Labute approximate surface area is 228 Å². The van der Waals surface area contributed by atoms with E-state index in [0.29, 0.717) is 6.41 Å². The second-order valence-electron chi connectivity index (χ2n) is 10.4. The van der Waals surface area contributed by atoms with Crippen molar-refractivity contribution in [2.75, 3.05) is 7.11 Å². The van der Waals surface area contributed by atoms with E-state index >= 15 is 0 Å². The van der Waals surface area contributed by atoms with Gasteiger partial charge in [-0.25, -0.2) is 0 Å². The maximum absolute atomic E-state index is 13.7. The normalized spacial score (nSPS) is 29.2. The molecule has 0 unspecified atom stereocenters. The fourth-order valence-corrected chi connectivity index (χ4v) is 5.88. The molecular formula is C28H29NO11. The van der Waals surface area contributed by atoms with E-state index in [0.717, 1.165) is 6.92 Å². The molecule has 2 aromatic carbocycles. The molecule has 0 bridgehead atoms. The number of phenolic OH excluding ortho intramolecular Hbond substituents is 2. The van der Waals surface area contributed by atoms with Crippen LogP contribution in [0.1, 0.15) is 75.8 Å². The first-order valence-electron chi connectivity index (χ1n) is 12.7. The molecule has 1 saturated heterocycles. The third kappa shape index (κ3) is 4.15. The SMILES string of the molecule is COc1cccc2c1C(=O)c1c(O)c3c(c(O)c1C2=O)C[C@@](O)(C(C)=O)C[C@@H]3O[C@@H]1C[C@H](NC=O)[C@@H](O)[C@@H](C)O1. The number of nitrogens with one attached hydrogen (secondary N) is 1. The first-order valence-corrected chi connectivity index (χ1v) is 12.7. The largest absolute Gasteiger partial charge is 0.507 e. The fourth-order valence-electron chi connectivity index (χ4n) is 5.88. The van der Waals surface area contributed by atoms with Crippen LogP contribution in [0, 0.1) is 0 Å². The molecule has 2 aliphatic carbocycles. The highest BCUT2D eigenvalue weighted by atomic mass is 16.7. The second kappa shape index (κ2) is 9.97. The van der Waals surface area contributed by atoms with Gasteiger partial charge in [-0.15, -0.1) is 0 Å². The Balaban J connectivity index is 1.66. The lowest BCUT2D eigenvalue weighted by molar-refractivity contribution is -0.249. The second-order valence-corrected chi connectivity index (χ2v) is 10.4. The molecular weight excluding hydrogens is 526 g/mol. The van der Waals surface area contributed by atoms with Crippen LogP contribution in [-0.4, -0.2) is 81.4 Å². The number of rotatable bonds is 6. The molecule has 2 aromatic rings. The van der Waals surface area contributed by atoms with E-state index in [-0.39, 0.29) is 40.8 Å².